The number of aliphatic hydroxyl groups is 1. The van der Waals surface area contributed by atoms with Crippen LogP contribution in [-0.2, 0) is 0 Å². The van der Waals surface area contributed by atoms with Crippen LogP contribution in [0.4, 0.5) is 0 Å². The molecule has 134 valence electrons. The van der Waals surface area contributed by atoms with Gasteiger partial charge in [0.05, 0.1) is 12.3 Å². The Labute approximate surface area is 147 Å². The molecule has 0 aliphatic carbocycles. The van der Waals surface area contributed by atoms with Crippen LogP contribution in [0.15, 0.2) is 36.7 Å². The lowest BCUT2D eigenvalue weighted by molar-refractivity contribution is 0.0942. The minimum atomic E-state index is -0.246. The van der Waals surface area contributed by atoms with Crippen LogP contribution in [0.25, 0.3) is 5.69 Å². The zero-order chi connectivity index (χ0) is 17.5. The number of amides is 1. The van der Waals surface area contributed by atoms with Gasteiger partial charge in [-0.3, -0.25) is 9.69 Å². The number of aromatic nitrogens is 3. The van der Waals surface area contributed by atoms with E-state index in [2.05, 4.69) is 20.3 Å². The van der Waals surface area contributed by atoms with Crippen molar-refractivity contribution in [3.8, 4) is 5.69 Å². The van der Waals surface area contributed by atoms with Crippen molar-refractivity contribution in [2.45, 2.75) is 31.7 Å². The fourth-order valence-corrected chi connectivity index (χ4v) is 3.19. The number of benzene rings is 1. The van der Waals surface area contributed by atoms with Crippen LogP contribution in [0.1, 0.15) is 36.3 Å². The molecule has 1 unspecified atom stereocenters. The molecule has 0 bridgehead atoms. The fourth-order valence-electron chi connectivity index (χ4n) is 3.19. The van der Waals surface area contributed by atoms with Gasteiger partial charge in [0, 0.05) is 12.6 Å². The number of carbonyl (C=O) groups is 1. The third kappa shape index (κ3) is 4.64. The molecule has 1 atom stereocenters. The number of hydrogen-bond acceptors (Lipinski definition) is 5. The third-order valence-corrected chi connectivity index (χ3v) is 4.58. The van der Waals surface area contributed by atoms with Crippen molar-refractivity contribution in [2.24, 2.45) is 0 Å². The number of para-hydroxylation sites is 1. The van der Waals surface area contributed by atoms with Gasteiger partial charge in [-0.15, -0.1) is 5.10 Å². The van der Waals surface area contributed by atoms with E-state index < -0.39 is 0 Å². The summed E-state index contributed by atoms with van der Waals surface area (Å²) >= 11 is 0. The molecule has 1 aromatic carbocycles. The highest BCUT2D eigenvalue weighted by Crippen LogP contribution is 2.16. The molecule has 0 spiro atoms. The molecule has 1 amide bonds. The zero-order valence-corrected chi connectivity index (χ0v) is 14.3. The van der Waals surface area contributed by atoms with Crippen LogP contribution in [0, 0.1) is 0 Å². The average molecular weight is 343 g/mol. The molecule has 7 heteroatoms. The maximum absolute atomic E-state index is 12.1. The van der Waals surface area contributed by atoms with E-state index in [1.165, 1.54) is 0 Å². The van der Waals surface area contributed by atoms with Crippen molar-refractivity contribution in [3.05, 3.63) is 42.5 Å². The lowest BCUT2D eigenvalue weighted by Gasteiger charge is -2.22. The minimum absolute atomic E-state index is 0.184. The second-order valence-corrected chi connectivity index (χ2v) is 6.33. The van der Waals surface area contributed by atoms with E-state index in [4.69, 9.17) is 0 Å². The molecule has 1 saturated heterocycles. The van der Waals surface area contributed by atoms with Crippen LogP contribution >= 0.6 is 0 Å². The molecule has 1 aromatic heterocycles. The summed E-state index contributed by atoms with van der Waals surface area (Å²) in [4.78, 5) is 18.5. The molecule has 2 heterocycles. The van der Waals surface area contributed by atoms with Crippen LogP contribution in [0.2, 0.25) is 0 Å². The van der Waals surface area contributed by atoms with Crippen LogP contribution in [0.3, 0.4) is 0 Å². The first-order valence-electron chi connectivity index (χ1n) is 8.88. The van der Waals surface area contributed by atoms with Crippen molar-refractivity contribution < 1.29 is 9.90 Å². The van der Waals surface area contributed by atoms with Gasteiger partial charge < -0.3 is 10.4 Å². The number of hydrogen-bond donors (Lipinski definition) is 2. The number of aliphatic hydroxyl groups excluding tert-OH is 1. The predicted octanol–water partition coefficient (Wildman–Crippen LogP) is 1.23. The fraction of sp³-hybridized carbons (Fsp3) is 0.500. The van der Waals surface area contributed by atoms with Crippen molar-refractivity contribution >= 4 is 5.91 Å². The van der Waals surface area contributed by atoms with Gasteiger partial charge in [0.2, 0.25) is 5.82 Å². The number of unbranched alkanes of at least 4 members (excludes halogenated alkanes) is 1. The largest absolute Gasteiger partial charge is 0.395 e. The normalized spacial score (nSPS) is 17.7. The van der Waals surface area contributed by atoms with E-state index >= 15 is 0 Å². The summed E-state index contributed by atoms with van der Waals surface area (Å²) in [5, 5.41) is 16.4. The first kappa shape index (κ1) is 17.6. The van der Waals surface area contributed by atoms with E-state index in [9.17, 15) is 9.90 Å². The molecule has 2 aromatic rings. The molecule has 2 N–H and O–H groups in total. The highest BCUT2D eigenvalue weighted by molar-refractivity contribution is 5.90. The van der Waals surface area contributed by atoms with Crippen molar-refractivity contribution in [2.75, 3.05) is 26.2 Å². The first-order chi connectivity index (χ1) is 12.3. The Bertz CT molecular complexity index is 673. The number of nitrogens with zero attached hydrogens (tertiary/aromatic N) is 4. The molecule has 25 heavy (non-hydrogen) atoms. The summed E-state index contributed by atoms with van der Waals surface area (Å²) in [6.45, 7) is 2.89. The molecule has 3 rings (SSSR count). The van der Waals surface area contributed by atoms with E-state index in [1.807, 2.05) is 30.3 Å². The summed E-state index contributed by atoms with van der Waals surface area (Å²) in [5.74, 6) is -0.0622. The van der Waals surface area contributed by atoms with E-state index in [1.54, 1.807) is 11.0 Å². The van der Waals surface area contributed by atoms with Crippen molar-refractivity contribution in [3.63, 3.8) is 0 Å². The quantitative estimate of drug-likeness (QED) is 0.705. The van der Waals surface area contributed by atoms with Gasteiger partial charge in [-0.25, -0.2) is 9.67 Å². The van der Waals surface area contributed by atoms with Gasteiger partial charge in [0.1, 0.15) is 6.33 Å². The van der Waals surface area contributed by atoms with Crippen LogP contribution in [0.5, 0.6) is 0 Å². The number of nitrogens with one attached hydrogen (secondary N) is 1. The average Bonchev–Trinajstić information content (AvgIpc) is 3.31. The summed E-state index contributed by atoms with van der Waals surface area (Å²) < 4.78 is 1.59. The second kappa shape index (κ2) is 8.73. The summed E-state index contributed by atoms with van der Waals surface area (Å²) in [6.07, 6.45) is 5.70. The highest BCUT2D eigenvalue weighted by atomic mass is 16.3. The van der Waals surface area contributed by atoms with E-state index in [-0.39, 0.29) is 18.3 Å². The number of rotatable bonds is 8. The monoisotopic (exact) mass is 343 g/mol. The van der Waals surface area contributed by atoms with Gasteiger partial charge >= 0.3 is 0 Å². The topological polar surface area (TPSA) is 83.3 Å². The number of likely N-dealkylation sites (tertiary alicyclic amines) is 1. The summed E-state index contributed by atoms with van der Waals surface area (Å²) in [5.41, 5.74) is 0.873. The lowest BCUT2D eigenvalue weighted by atomic mass is 10.2. The van der Waals surface area contributed by atoms with Gasteiger partial charge in [-0.05, 0) is 50.9 Å². The Kier molecular flexibility index (Phi) is 6.14. The Hall–Kier alpha value is -2.25. The molecule has 1 aliphatic rings. The van der Waals surface area contributed by atoms with Crippen LogP contribution < -0.4 is 5.32 Å². The molecule has 7 nitrogen and oxygen atoms in total. The molecule has 1 aliphatic heterocycles. The second-order valence-electron chi connectivity index (χ2n) is 6.33. The Morgan fingerprint density at radius 3 is 2.92 bits per heavy atom. The smallest absolute Gasteiger partial charge is 0.290 e. The lowest BCUT2D eigenvalue weighted by Crippen LogP contribution is -2.33. The maximum Gasteiger partial charge on any atom is 0.290 e. The molecular formula is C18H25N5O2. The molecule has 1 fully saturated rings. The SMILES string of the molecule is O=C(NCCCCN1CCCC1CO)c1ncn(-c2ccccc2)n1. The van der Waals surface area contributed by atoms with Gasteiger partial charge in [-0.1, -0.05) is 18.2 Å². The summed E-state index contributed by atoms with van der Waals surface area (Å²) in [7, 11) is 0. The third-order valence-electron chi connectivity index (χ3n) is 4.58. The maximum atomic E-state index is 12.1. The van der Waals surface area contributed by atoms with Crippen molar-refractivity contribution in [1.82, 2.24) is 25.0 Å². The van der Waals surface area contributed by atoms with Gasteiger partial charge in [-0.2, -0.15) is 0 Å². The highest BCUT2D eigenvalue weighted by Gasteiger charge is 2.22. The Balaban J connectivity index is 1.39. The molecule has 0 radical (unpaired) electrons. The Morgan fingerprint density at radius 1 is 1.28 bits per heavy atom. The minimum Gasteiger partial charge on any atom is -0.395 e. The first-order valence-corrected chi connectivity index (χ1v) is 8.88. The molecular weight excluding hydrogens is 318 g/mol. The Morgan fingerprint density at radius 2 is 2.12 bits per heavy atom. The van der Waals surface area contributed by atoms with Gasteiger partial charge in [0.25, 0.3) is 5.91 Å². The standard InChI is InChI=1S/C18H25N5O2/c24-13-16-9-6-12-22(16)11-5-4-10-19-18(25)17-20-14-23(21-17)15-7-2-1-3-8-15/h1-3,7-8,14,16,24H,4-6,9-13H2,(H,19,25). The zero-order valence-electron chi connectivity index (χ0n) is 14.3. The van der Waals surface area contributed by atoms with Crippen LogP contribution in [-0.4, -0.2) is 63.0 Å². The van der Waals surface area contributed by atoms with Gasteiger partial charge in [0.15, 0.2) is 0 Å². The van der Waals surface area contributed by atoms with Crippen molar-refractivity contribution in [1.29, 1.82) is 0 Å². The van der Waals surface area contributed by atoms with E-state index in [0.29, 0.717) is 12.6 Å². The predicted molar refractivity (Wildman–Crippen MR) is 94.6 cm³/mol. The van der Waals surface area contributed by atoms with E-state index in [0.717, 1.165) is 44.5 Å². The summed E-state index contributed by atoms with van der Waals surface area (Å²) in [6, 6.07) is 9.90. The molecule has 0 saturated carbocycles. The number of carbonyl (C=O) groups excluding carboxylic acids is 1.